The Morgan fingerprint density at radius 3 is 3.06 bits per heavy atom. The quantitative estimate of drug-likeness (QED) is 0.524. The minimum Gasteiger partial charge on any atom is -0.352 e. The molecule has 2 heterocycles. The minimum absolute atomic E-state index is 0.0793. The predicted octanol–water partition coefficient (Wildman–Crippen LogP) is 3.67. The van der Waals surface area contributed by atoms with Crippen molar-refractivity contribution in [3.8, 4) is 0 Å². The van der Waals surface area contributed by atoms with Gasteiger partial charge in [-0.2, -0.15) is 0 Å². The molecule has 0 aliphatic carbocycles. The molecule has 2 unspecified atom stereocenters. The molecule has 2 rings (SSSR count). The van der Waals surface area contributed by atoms with E-state index < -0.39 is 0 Å². The summed E-state index contributed by atoms with van der Waals surface area (Å²) in [5.41, 5.74) is 1.50. The van der Waals surface area contributed by atoms with Gasteiger partial charge in [-0.05, 0) is 31.3 Å². The second-order valence-corrected chi connectivity index (χ2v) is 4.93. The summed E-state index contributed by atoms with van der Waals surface area (Å²) in [5, 5.41) is 0. The van der Waals surface area contributed by atoms with Crippen LogP contribution >= 0.6 is 0 Å². The largest absolute Gasteiger partial charge is 0.352 e. The van der Waals surface area contributed by atoms with Crippen molar-refractivity contribution in [2.45, 2.75) is 58.2 Å². The maximum Gasteiger partial charge on any atom is 0.164 e. The molecule has 2 saturated heterocycles. The molecule has 2 heteroatoms. The molecule has 0 bridgehead atoms. The zero-order chi connectivity index (χ0) is 11.2. The molecule has 0 aromatic carbocycles. The van der Waals surface area contributed by atoms with Gasteiger partial charge in [0.05, 0.1) is 6.61 Å². The highest BCUT2D eigenvalue weighted by atomic mass is 16.7. The van der Waals surface area contributed by atoms with E-state index in [4.69, 9.17) is 9.47 Å². The topological polar surface area (TPSA) is 18.5 Å². The maximum atomic E-state index is 5.66. The molecule has 16 heavy (non-hydrogen) atoms. The van der Waals surface area contributed by atoms with E-state index in [0.29, 0.717) is 5.92 Å². The maximum absolute atomic E-state index is 5.66. The fraction of sp³-hybridized carbons (Fsp3) is 0.857. The molecule has 0 amide bonds. The first-order valence-electron chi connectivity index (χ1n) is 6.84. The Morgan fingerprint density at radius 1 is 1.25 bits per heavy atom. The normalized spacial score (nSPS) is 31.9. The molecular formula is C14H24O2. The van der Waals surface area contributed by atoms with Gasteiger partial charge < -0.3 is 9.47 Å². The number of rotatable bonds is 5. The molecular weight excluding hydrogens is 200 g/mol. The highest BCUT2D eigenvalue weighted by Crippen LogP contribution is 2.34. The summed E-state index contributed by atoms with van der Waals surface area (Å²) < 4.78 is 11.3. The molecule has 0 aromatic rings. The molecule has 0 saturated carbocycles. The van der Waals surface area contributed by atoms with Crippen molar-refractivity contribution in [2.75, 3.05) is 13.2 Å². The van der Waals surface area contributed by atoms with Gasteiger partial charge in [-0.3, -0.25) is 0 Å². The van der Waals surface area contributed by atoms with Crippen LogP contribution in [0.25, 0.3) is 0 Å². The first-order chi connectivity index (χ1) is 7.92. The second-order valence-electron chi connectivity index (χ2n) is 4.93. The lowest BCUT2D eigenvalue weighted by Crippen LogP contribution is -2.26. The third-order valence-corrected chi connectivity index (χ3v) is 3.62. The fourth-order valence-electron chi connectivity index (χ4n) is 2.63. The van der Waals surface area contributed by atoms with E-state index in [1.165, 1.54) is 50.5 Å². The molecule has 92 valence electrons. The van der Waals surface area contributed by atoms with Gasteiger partial charge in [-0.15, -0.1) is 0 Å². The van der Waals surface area contributed by atoms with Crippen LogP contribution in [0.4, 0.5) is 0 Å². The molecule has 2 nitrogen and oxygen atoms in total. The van der Waals surface area contributed by atoms with Gasteiger partial charge in [0, 0.05) is 12.5 Å². The number of fused-ring (bicyclic) bond motifs is 1. The van der Waals surface area contributed by atoms with Crippen molar-refractivity contribution in [3.63, 3.8) is 0 Å². The summed E-state index contributed by atoms with van der Waals surface area (Å²) in [5.74, 6) is 0.569. The van der Waals surface area contributed by atoms with Crippen molar-refractivity contribution in [1.82, 2.24) is 0 Å². The molecule has 0 N–H and O–H groups in total. The monoisotopic (exact) mass is 224 g/mol. The summed E-state index contributed by atoms with van der Waals surface area (Å²) in [6.45, 7) is 3.95. The Hall–Kier alpha value is -0.340. The van der Waals surface area contributed by atoms with Gasteiger partial charge in [0.15, 0.2) is 6.29 Å². The molecule has 2 aliphatic rings. The zero-order valence-electron chi connectivity index (χ0n) is 10.4. The molecule has 2 atom stereocenters. The first kappa shape index (κ1) is 12.1. The molecule has 0 aromatic heterocycles. The summed E-state index contributed by atoms with van der Waals surface area (Å²) in [6.07, 6.45) is 11.5. The summed E-state index contributed by atoms with van der Waals surface area (Å²) in [7, 11) is 0. The minimum atomic E-state index is 0.0793. The van der Waals surface area contributed by atoms with Crippen LogP contribution in [-0.2, 0) is 9.47 Å². The summed E-state index contributed by atoms with van der Waals surface area (Å²) in [4.78, 5) is 0. The van der Waals surface area contributed by atoms with Gasteiger partial charge in [0.25, 0.3) is 0 Å². The van der Waals surface area contributed by atoms with Crippen molar-refractivity contribution in [1.29, 1.82) is 0 Å². The Morgan fingerprint density at radius 2 is 2.19 bits per heavy atom. The lowest BCUT2D eigenvalue weighted by molar-refractivity contribution is -0.150. The van der Waals surface area contributed by atoms with Crippen LogP contribution in [0.1, 0.15) is 51.9 Å². The van der Waals surface area contributed by atoms with Crippen molar-refractivity contribution in [3.05, 3.63) is 11.6 Å². The lowest BCUT2D eigenvalue weighted by Gasteiger charge is -2.24. The Kier molecular flexibility index (Phi) is 4.86. The van der Waals surface area contributed by atoms with E-state index in [1.807, 2.05) is 0 Å². The third kappa shape index (κ3) is 3.08. The molecule has 2 aliphatic heterocycles. The predicted molar refractivity (Wildman–Crippen MR) is 65.3 cm³/mol. The van der Waals surface area contributed by atoms with Crippen LogP contribution in [0, 0.1) is 5.92 Å². The number of allylic oxidation sites excluding steroid dienone is 1. The fourth-order valence-corrected chi connectivity index (χ4v) is 2.63. The zero-order valence-corrected chi connectivity index (χ0v) is 10.4. The van der Waals surface area contributed by atoms with E-state index in [0.717, 1.165) is 13.2 Å². The number of hydrogen-bond acceptors (Lipinski definition) is 2. The highest BCUT2D eigenvalue weighted by Gasteiger charge is 2.35. The lowest BCUT2D eigenvalue weighted by atomic mass is 9.93. The van der Waals surface area contributed by atoms with Crippen molar-refractivity contribution in [2.24, 2.45) is 5.92 Å². The average Bonchev–Trinajstić information content (AvgIpc) is 2.73. The van der Waals surface area contributed by atoms with Crippen molar-refractivity contribution < 1.29 is 9.47 Å². The van der Waals surface area contributed by atoms with Crippen molar-refractivity contribution >= 4 is 0 Å². The van der Waals surface area contributed by atoms with Crippen LogP contribution in [0.5, 0.6) is 0 Å². The average molecular weight is 224 g/mol. The third-order valence-electron chi connectivity index (χ3n) is 3.62. The SMILES string of the molecule is CCCCCC/C=C1/COC2OCCCC12. The van der Waals surface area contributed by atoms with E-state index in [1.54, 1.807) is 0 Å². The standard InChI is InChI=1S/C14H24O2/c1-2-3-4-5-6-8-12-11-16-14-13(12)9-7-10-15-14/h8,13-14H,2-7,9-11H2,1H3/b12-8-. The van der Waals surface area contributed by atoms with Gasteiger partial charge >= 0.3 is 0 Å². The molecule has 2 fully saturated rings. The van der Waals surface area contributed by atoms with E-state index in [9.17, 15) is 0 Å². The van der Waals surface area contributed by atoms with Crippen LogP contribution in [0.2, 0.25) is 0 Å². The van der Waals surface area contributed by atoms with Gasteiger partial charge in [-0.25, -0.2) is 0 Å². The van der Waals surface area contributed by atoms with Gasteiger partial charge in [0.1, 0.15) is 0 Å². The molecule has 0 spiro atoms. The van der Waals surface area contributed by atoms with Crippen LogP contribution < -0.4 is 0 Å². The van der Waals surface area contributed by atoms with E-state index >= 15 is 0 Å². The summed E-state index contributed by atoms with van der Waals surface area (Å²) >= 11 is 0. The highest BCUT2D eigenvalue weighted by molar-refractivity contribution is 5.13. The van der Waals surface area contributed by atoms with E-state index in [2.05, 4.69) is 13.0 Å². The smallest absolute Gasteiger partial charge is 0.164 e. The second kappa shape index (κ2) is 6.41. The van der Waals surface area contributed by atoms with Crippen LogP contribution in [0.15, 0.2) is 11.6 Å². The number of ether oxygens (including phenoxy) is 2. The van der Waals surface area contributed by atoms with Crippen LogP contribution in [0.3, 0.4) is 0 Å². The number of hydrogen-bond donors (Lipinski definition) is 0. The Bertz CT molecular complexity index is 235. The van der Waals surface area contributed by atoms with Crippen LogP contribution in [-0.4, -0.2) is 19.5 Å². The van der Waals surface area contributed by atoms with Gasteiger partial charge in [-0.1, -0.05) is 32.3 Å². The Labute approximate surface area is 99.0 Å². The summed E-state index contributed by atoms with van der Waals surface area (Å²) in [6, 6.07) is 0. The molecule has 0 radical (unpaired) electrons. The van der Waals surface area contributed by atoms with E-state index in [-0.39, 0.29) is 6.29 Å². The van der Waals surface area contributed by atoms with Gasteiger partial charge in [0.2, 0.25) is 0 Å². The number of unbranched alkanes of at least 4 members (excludes halogenated alkanes) is 4. The Balaban J connectivity index is 1.74. The first-order valence-corrected chi connectivity index (χ1v) is 6.84.